The molecule has 3 aromatic rings. The zero-order valence-electron chi connectivity index (χ0n) is 18.1. The van der Waals surface area contributed by atoms with Gasteiger partial charge in [-0.3, -0.25) is 14.9 Å². The summed E-state index contributed by atoms with van der Waals surface area (Å²) in [6.07, 6.45) is 1.46. The van der Waals surface area contributed by atoms with Gasteiger partial charge in [-0.15, -0.1) is 0 Å². The van der Waals surface area contributed by atoms with Gasteiger partial charge in [0.05, 0.1) is 29.8 Å². The second-order valence-corrected chi connectivity index (χ2v) is 8.56. The summed E-state index contributed by atoms with van der Waals surface area (Å²) in [6, 6.07) is 14.5. The molecule has 0 bridgehead atoms. The number of amides is 1. The Hall–Kier alpha value is -3.44. The lowest BCUT2D eigenvalue weighted by atomic mass is 10.2. The quantitative estimate of drug-likeness (QED) is 0.200. The Morgan fingerprint density at radius 3 is 2.41 bits per heavy atom. The third-order valence-electron chi connectivity index (χ3n) is 4.58. The van der Waals surface area contributed by atoms with Crippen molar-refractivity contribution in [2.24, 2.45) is 5.10 Å². The molecule has 0 radical (unpaired) electrons. The average Bonchev–Trinajstić information content (AvgIpc) is 2.83. The van der Waals surface area contributed by atoms with Crippen LogP contribution >= 0.6 is 31.9 Å². The van der Waals surface area contributed by atoms with Crippen LogP contribution < -0.4 is 19.6 Å². The van der Waals surface area contributed by atoms with Crippen LogP contribution in [-0.4, -0.2) is 31.3 Å². The highest BCUT2D eigenvalue weighted by Gasteiger charge is 2.12. The number of rotatable bonds is 9. The molecule has 0 aliphatic heterocycles. The second kappa shape index (κ2) is 11.6. The number of hydrazone groups is 1. The summed E-state index contributed by atoms with van der Waals surface area (Å²) < 4.78 is 17.8. The standard InChI is InChI=1S/C23H19Br2N3O6/c1-32-20-8-5-15(10-21(20)33-2)23(29)27-26-12-16-9-17(24)11-19(25)22(16)34-13-14-3-6-18(7-4-14)28(30)31/h3-12H,13H2,1-2H3,(H,27,29)/b26-12+. The Kier molecular flexibility index (Phi) is 8.61. The van der Waals surface area contributed by atoms with Crippen LogP contribution in [0.3, 0.4) is 0 Å². The fourth-order valence-corrected chi connectivity index (χ4v) is 4.27. The molecule has 0 atom stereocenters. The molecule has 0 heterocycles. The highest BCUT2D eigenvalue weighted by Crippen LogP contribution is 2.33. The van der Waals surface area contributed by atoms with Crippen molar-refractivity contribution in [1.82, 2.24) is 5.43 Å². The summed E-state index contributed by atoms with van der Waals surface area (Å²) in [5.41, 5.74) is 4.18. The van der Waals surface area contributed by atoms with Crippen LogP contribution in [-0.2, 0) is 6.61 Å². The summed E-state index contributed by atoms with van der Waals surface area (Å²) in [5, 5.41) is 14.9. The molecule has 3 rings (SSSR count). The topological polar surface area (TPSA) is 112 Å². The van der Waals surface area contributed by atoms with Crippen molar-refractivity contribution in [3.05, 3.63) is 90.3 Å². The van der Waals surface area contributed by atoms with E-state index in [0.717, 1.165) is 10.0 Å². The Balaban J connectivity index is 1.74. The van der Waals surface area contributed by atoms with Gasteiger partial charge in [0.15, 0.2) is 11.5 Å². The van der Waals surface area contributed by atoms with Gasteiger partial charge < -0.3 is 14.2 Å². The number of carbonyl (C=O) groups excluding carboxylic acids is 1. The van der Waals surface area contributed by atoms with E-state index in [4.69, 9.17) is 14.2 Å². The molecule has 1 amide bonds. The van der Waals surface area contributed by atoms with Crippen LogP contribution in [0.5, 0.6) is 17.2 Å². The number of nitrogens with one attached hydrogen (secondary N) is 1. The minimum absolute atomic E-state index is 0.00613. The first-order valence-corrected chi connectivity index (χ1v) is 11.3. The third kappa shape index (κ3) is 6.33. The van der Waals surface area contributed by atoms with Gasteiger partial charge in [0.2, 0.25) is 0 Å². The minimum atomic E-state index is -0.458. The molecular weight excluding hydrogens is 574 g/mol. The third-order valence-corrected chi connectivity index (χ3v) is 5.63. The van der Waals surface area contributed by atoms with Gasteiger partial charge in [0.1, 0.15) is 12.4 Å². The lowest BCUT2D eigenvalue weighted by Gasteiger charge is -2.12. The van der Waals surface area contributed by atoms with Crippen molar-refractivity contribution in [1.29, 1.82) is 0 Å². The molecule has 0 unspecified atom stereocenters. The minimum Gasteiger partial charge on any atom is -0.493 e. The molecule has 0 aromatic heterocycles. The van der Waals surface area contributed by atoms with E-state index in [-0.39, 0.29) is 12.3 Å². The molecule has 176 valence electrons. The van der Waals surface area contributed by atoms with E-state index in [1.165, 1.54) is 32.6 Å². The molecule has 34 heavy (non-hydrogen) atoms. The van der Waals surface area contributed by atoms with Crippen LogP contribution in [0.4, 0.5) is 5.69 Å². The maximum absolute atomic E-state index is 12.5. The van der Waals surface area contributed by atoms with Crippen molar-refractivity contribution in [2.45, 2.75) is 6.61 Å². The van der Waals surface area contributed by atoms with Gasteiger partial charge in [0, 0.05) is 27.7 Å². The first-order chi connectivity index (χ1) is 16.3. The maximum Gasteiger partial charge on any atom is 0.271 e. The summed E-state index contributed by atoms with van der Waals surface area (Å²) in [4.78, 5) is 22.9. The van der Waals surface area contributed by atoms with Crippen LogP contribution in [0.15, 0.2) is 68.6 Å². The number of nitro benzene ring substituents is 1. The maximum atomic E-state index is 12.5. The first kappa shape index (κ1) is 25.2. The number of hydrogen-bond donors (Lipinski definition) is 1. The highest BCUT2D eigenvalue weighted by atomic mass is 79.9. The average molecular weight is 593 g/mol. The second-order valence-electron chi connectivity index (χ2n) is 6.79. The molecule has 0 spiro atoms. The van der Waals surface area contributed by atoms with Gasteiger partial charge in [0.25, 0.3) is 11.6 Å². The van der Waals surface area contributed by atoms with E-state index in [1.807, 2.05) is 6.07 Å². The van der Waals surface area contributed by atoms with Crippen molar-refractivity contribution in [2.75, 3.05) is 14.2 Å². The lowest BCUT2D eigenvalue weighted by Crippen LogP contribution is -2.17. The van der Waals surface area contributed by atoms with E-state index in [2.05, 4.69) is 42.4 Å². The van der Waals surface area contributed by atoms with E-state index in [0.29, 0.717) is 32.8 Å². The smallest absolute Gasteiger partial charge is 0.271 e. The van der Waals surface area contributed by atoms with E-state index >= 15 is 0 Å². The number of carbonyl (C=O) groups is 1. The van der Waals surface area contributed by atoms with Gasteiger partial charge in [-0.25, -0.2) is 5.43 Å². The highest BCUT2D eigenvalue weighted by molar-refractivity contribution is 9.11. The molecule has 3 aromatic carbocycles. The summed E-state index contributed by atoms with van der Waals surface area (Å²) in [5.74, 6) is 0.999. The summed E-state index contributed by atoms with van der Waals surface area (Å²) in [6.45, 7) is 0.178. The number of ether oxygens (including phenoxy) is 3. The van der Waals surface area contributed by atoms with Crippen molar-refractivity contribution in [3.63, 3.8) is 0 Å². The number of non-ortho nitro benzene ring substituents is 1. The normalized spacial score (nSPS) is 10.7. The van der Waals surface area contributed by atoms with Crippen molar-refractivity contribution in [3.8, 4) is 17.2 Å². The van der Waals surface area contributed by atoms with E-state index < -0.39 is 10.8 Å². The van der Waals surface area contributed by atoms with Crippen LogP contribution in [0.1, 0.15) is 21.5 Å². The zero-order valence-corrected chi connectivity index (χ0v) is 21.3. The van der Waals surface area contributed by atoms with E-state index in [9.17, 15) is 14.9 Å². The molecule has 0 aliphatic rings. The van der Waals surface area contributed by atoms with Crippen molar-refractivity contribution < 1.29 is 23.9 Å². The number of benzene rings is 3. The fraction of sp³-hybridized carbons (Fsp3) is 0.130. The predicted octanol–water partition coefficient (Wildman–Crippen LogP) is 5.48. The molecule has 0 aliphatic carbocycles. The number of methoxy groups -OCH3 is 2. The Morgan fingerprint density at radius 2 is 1.76 bits per heavy atom. The molecule has 0 saturated heterocycles. The number of nitro groups is 1. The zero-order chi connectivity index (χ0) is 24.7. The molecule has 1 N–H and O–H groups in total. The van der Waals surface area contributed by atoms with Gasteiger partial charge >= 0.3 is 0 Å². The summed E-state index contributed by atoms with van der Waals surface area (Å²) in [7, 11) is 3.00. The molecule has 0 fully saturated rings. The van der Waals surface area contributed by atoms with Crippen LogP contribution in [0.25, 0.3) is 0 Å². The first-order valence-electron chi connectivity index (χ1n) is 9.73. The van der Waals surface area contributed by atoms with Crippen LogP contribution in [0.2, 0.25) is 0 Å². The van der Waals surface area contributed by atoms with Gasteiger partial charge in [-0.05, 0) is 64.0 Å². The number of nitrogens with zero attached hydrogens (tertiary/aromatic N) is 2. The fourth-order valence-electron chi connectivity index (χ4n) is 2.90. The number of halogens is 2. The van der Waals surface area contributed by atoms with Gasteiger partial charge in [-0.2, -0.15) is 5.10 Å². The monoisotopic (exact) mass is 591 g/mol. The lowest BCUT2D eigenvalue weighted by molar-refractivity contribution is -0.384. The predicted molar refractivity (Wildman–Crippen MR) is 134 cm³/mol. The number of hydrogen-bond acceptors (Lipinski definition) is 7. The van der Waals surface area contributed by atoms with E-state index in [1.54, 1.807) is 36.4 Å². The molecule has 0 saturated carbocycles. The summed E-state index contributed by atoms with van der Waals surface area (Å²) >= 11 is 6.90. The Labute approximate surface area is 212 Å². The molecule has 9 nitrogen and oxygen atoms in total. The van der Waals surface area contributed by atoms with Crippen LogP contribution in [0, 0.1) is 10.1 Å². The molecular formula is C23H19Br2N3O6. The SMILES string of the molecule is COc1ccc(C(=O)N/N=C/c2cc(Br)cc(Br)c2OCc2ccc([N+](=O)[O-])cc2)cc1OC. The van der Waals surface area contributed by atoms with Crippen molar-refractivity contribution >= 4 is 49.7 Å². The Morgan fingerprint density at radius 1 is 1.06 bits per heavy atom. The molecule has 11 heteroatoms. The van der Waals surface area contributed by atoms with Gasteiger partial charge in [-0.1, -0.05) is 15.9 Å². The Bertz CT molecular complexity index is 1230. The largest absolute Gasteiger partial charge is 0.493 e.